The molecular weight excluding hydrogens is 466 g/mol. The summed E-state index contributed by atoms with van der Waals surface area (Å²) in [5, 5.41) is 0. The normalized spacial score (nSPS) is 11.1. The predicted octanol–water partition coefficient (Wildman–Crippen LogP) is 4.01. The fourth-order valence-corrected chi connectivity index (χ4v) is 4.37. The smallest absolute Gasteiger partial charge is 0.269 e. The fourth-order valence-electron chi connectivity index (χ4n) is 3.27. The van der Waals surface area contributed by atoms with Crippen molar-refractivity contribution >= 4 is 27.5 Å². The van der Waals surface area contributed by atoms with E-state index in [1.165, 1.54) is 36.9 Å². The van der Waals surface area contributed by atoms with Crippen LogP contribution in [0, 0.1) is 0 Å². The van der Waals surface area contributed by atoms with E-state index in [1.54, 1.807) is 24.3 Å². The first-order valence-corrected chi connectivity index (χ1v) is 12.6. The van der Waals surface area contributed by atoms with Crippen LogP contribution in [0.2, 0.25) is 0 Å². The molecular formula is C26H29N3O5S. The van der Waals surface area contributed by atoms with Crippen molar-refractivity contribution in [2.45, 2.75) is 37.5 Å². The molecule has 0 unspecified atom stereocenters. The minimum atomic E-state index is -3.93. The third kappa shape index (κ3) is 7.31. The molecule has 0 fully saturated rings. The molecule has 0 aliphatic carbocycles. The van der Waals surface area contributed by atoms with Gasteiger partial charge in [0.05, 0.1) is 12.0 Å². The van der Waals surface area contributed by atoms with Gasteiger partial charge in [-0.25, -0.2) is 8.42 Å². The number of amides is 2. The van der Waals surface area contributed by atoms with Crippen molar-refractivity contribution in [3.05, 3.63) is 89.5 Å². The predicted molar refractivity (Wildman–Crippen MR) is 135 cm³/mol. The lowest BCUT2D eigenvalue weighted by atomic mass is 10.0. The van der Waals surface area contributed by atoms with Crippen LogP contribution >= 0.6 is 0 Å². The number of anilines is 1. The molecule has 8 nitrogen and oxygen atoms in total. The topological polar surface area (TPSA) is 114 Å². The van der Waals surface area contributed by atoms with Crippen LogP contribution in [-0.2, 0) is 21.2 Å². The van der Waals surface area contributed by atoms with Gasteiger partial charge < -0.3 is 4.74 Å². The largest absolute Gasteiger partial charge is 0.497 e. The lowest BCUT2D eigenvalue weighted by Crippen LogP contribution is -2.41. The van der Waals surface area contributed by atoms with Crippen molar-refractivity contribution in [1.29, 1.82) is 0 Å². The second-order valence-corrected chi connectivity index (χ2v) is 9.94. The lowest BCUT2D eigenvalue weighted by molar-refractivity contribution is -0.121. The van der Waals surface area contributed by atoms with Crippen LogP contribution in [0.5, 0.6) is 5.75 Å². The number of aryl methyl sites for hydroxylation is 1. The molecule has 0 aliphatic heterocycles. The fraction of sp³-hybridized carbons (Fsp3) is 0.231. The number of methoxy groups -OCH3 is 1. The number of hydrogen-bond acceptors (Lipinski definition) is 5. The zero-order chi connectivity index (χ0) is 25.4. The van der Waals surface area contributed by atoms with Crippen molar-refractivity contribution in [2.24, 2.45) is 0 Å². The number of sulfonamides is 1. The van der Waals surface area contributed by atoms with Crippen molar-refractivity contribution in [3.63, 3.8) is 0 Å². The number of carbonyl (C=O) groups is 2. The Bertz CT molecular complexity index is 1270. The first-order valence-electron chi connectivity index (χ1n) is 11.1. The molecule has 3 rings (SSSR count). The Morgan fingerprint density at radius 2 is 1.60 bits per heavy atom. The van der Waals surface area contributed by atoms with Gasteiger partial charge >= 0.3 is 0 Å². The van der Waals surface area contributed by atoms with Crippen LogP contribution < -0.4 is 20.3 Å². The van der Waals surface area contributed by atoms with Gasteiger partial charge in [-0.05, 0) is 65.9 Å². The summed E-state index contributed by atoms with van der Waals surface area (Å²) in [6.07, 6.45) is 0.729. The average Bonchev–Trinajstić information content (AvgIpc) is 2.86. The van der Waals surface area contributed by atoms with Gasteiger partial charge in [0.1, 0.15) is 5.75 Å². The summed E-state index contributed by atoms with van der Waals surface area (Å²) in [5.74, 6) is 0.0596. The van der Waals surface area contributed by atoms with Gasteiger partial charge in [0.2, 0.25) is 5.91 Å². The standard InChI is InChI=1S/C26H29N3O5S/c1-18(2)20-10-7-19(8-11-20)9-16-25(30)27-28-26(31)21-5-4-6-24(17-21)35(32,33)29-22-12-14-23(34-3)15-13-22/h4-8,10-15,17-18,29H,9,16H2,1-3H3,(H,27,30)(H,28,31). The van der Waals surface area contributed by atoms with Crippen LogP contribution in [0.3, 0.4) is 0 Å². The molecule has 3 aromatic carbocycles. The number of benzene rings is 3. The number of carbonyl (C=O) groups excluding carboxylic acids is 2. The Balaban J connectivity index is 1.55. The second kappa shape index (κ2) is 11.5. The molecule has 184 valence electrons. The van der Waals surface area contributed by atoms with Crippen molar-refractivity contribution < 1.29 is 22.7 Å². The molecule has 2 amide bonds. The van der Waals surface area contributed by atoms with E-state index in [4.69, 9.17) is 4.74 Å². The first-order chi connectivity index (χ1) is 16.7. The van der Waals surface area contributed by atoms with Gasteiger partial charge in [0.15, 0.2) is 0 Å². The highest BCUT2D eigenvalue weighted by Crippen LogP contribution is 2.20. The van der Waals surface area contributed by atoms with Crippen LogP contribution in [0.25, 0.3) is 0 Å². The molecule has 0 aliphatic rings. The molecule has 0 spiro atoms. The maximum Gasteiger partial charge on any atom is 0.269 e. The molecule has 3 aromatic rings. The third-order valence-electron chi connectivity index (χ3n) is 5.35. The first kappa shape index (κ1) is 25.8. The van der Waals surface area contributed by atoms with Gasteiger partial charge in [-0.1, -0.05) is 44.2 Å². The molecule has 9 heteroatoms. The highest BCUT2D eigenvalue weighted by Gasteiger charge is 2.17. The Morgan fingerprint density at radius 1 is 0.914 bits per heavy atom. The minimum absolute atomic E-state index is 0.0860. The molecule has 0 radical (unpaired) electrons. The Hall–Kier alpha value is -3.85. The quantitative estimate of drug-likeness (QED) is 0.388. The summed E-state index contributed by atoms with van der Waals surface area (Å²) < 4.78 is 33.0. The van der Waals surface area contributed by atoms with Crippen molar-refractivity contribution in [1.82, 2.24) is 10.9 Å². The lowest BCUT2D eigenvalue weighted by Gasteiger charge is -2.11. The summed E-state index contributed by atoms with van der Waals surface area (Å²) in [4.78, 5) is 24.6. The van der Waals surface area contributed by atoms with Crippen molar-refractivity contribution in [2.75, 3.05) is 11.8 Å². The minimum Gasteiger partial charge on any atom is -0.497 e. The van der Waals surface area contributed by atoms with E-state index >= 15 is 0 Å². The number of ether oxygens (including phenoxy) is 1. The molecule has 0 bridgehead atoms. The van der Waals surface area contributed by atoms with Gasteiger partial charge in [0, 0.05) is 17.7 Å². The highest BCUT2D eigenvalue weighted by molar-refractivity contribution is 7.92. The van der Waals surface area contributed by atoms with Crippen LogP contribution in [0.4, 0.5) is 5.69 Å². The van der Waals surface area contributed by atoms with E-state index in [9.17, 15) is 18.0 Å². The molecule has 0 saturated carbocycles. The van der Waals surface area contributed by atoms with Gasteiger partial charge in [-0.15, -0.1) is 0 Å². The monoisotopic (exact) mass is 495 g/mol. The van der Waals surface area contributed by atoms with E-state index in [0.717, 1.165) is 5.56 Å². The Labute approximate surface area is 205 Å². The Morgan fingerprint density at radius 3 is 2.23 bits per heavy atom. The average molecular weight is 496 g/mol. The molecule has 0 atom stereocenters. The zero-order valence-corrected chi connectivity index (χ0v) is 20.7. The van der Waals surface area contributed by atoms with Gasteiger partial charge in [-0.3, -0.25) is 25.2 Å². The van der Waals surface area contributed by atoms with E-state index in [1.807, 2.05) is 24.3 Å². The molecule has 0 heterocycles. The molecule has 35 heavy (non-hydrogen) atoms. The molecule has 3 N–H and O–H groups in total. The van der Waals surface area contributed by atoms with Crippen LogP contribution in [-0.4, -0.2) is 27.3 Å². The number of hydrazine groups is 1. The summed E-state index contributed by atoms with van der Waals surface area (Å²) in [5.41, 5.74) is 7.41. The molecule has 0 saturated heterocycles. The second-order valence-electron chi connectivity index (χ2n) is 8.26. The van der Waals surface area contributed by atoms with Gasteiger partial charge in [0.25, 0.3) is 15.9 Å². The number of rotatable bonds is 9. The van der Waals surface area contributed by atoms with E-state index in [-0.39, 0.29) is 22.8 Å². The van der Waals surface area contributed by atoms with E-state index in [0.29, 0.717) is 23.8 Å². The van der Waals surface area contributed by atoms with Crippen LogP contribution in [0.15, 0.2) is 77.7 Å². The maximum atomic E-state index is 12.7. The SMILES string of the molecule is COc1ccc(NS(=O)(=O)c2cccc(C(=O)NNC(=O)CCc3ccc(C(C)C)cc3)c2)cc1. The maximum absolute atomic E-state index is 12.7. The number of nitrogens with one attached hydrogen (secondary N) is 3. The van der Waals surface area contributed by atoms with Crippen LogP contribution in [0.1, 0.15) is 47.7 Å². The van der Waals surface area contributed by atoms with E-state index in [2.05, 4.69) is 29.4 Å². The summed E-state index contributed by atoms with van der Waals surface area (Å²) in [7, 11) is -2.41. The summed E-state index contributed by atoms with van der Waals surface area (Å²) in [6.45, 7) is 4.24. The third-order valence-corrected chi connectivity index (χ3v) is 6.73. The molecule has 0 aromatic heterocycles. The zero-order valence-electron chi connectivity index (χ0n) is 19.9. The van der Waals surface area contributed by atoms with Gasteiger partial charge in [-0.2, -0.15) is 0 Å². The highest BCUT2D eigenvalue weighted by atomic mass is 32.2. The van der Waals surface area contributed by atoms with Crippen molar-refractivity contribution in [3.8, 4) is 5.75 Å². The van der Waals surface area contributed by atoms with E-state index < -0.39 is 15.9 Å². The Kier molecular flexibility index (Phi) is 8.48. The number of hydrogen-bond donors (Lipinski definition) is 3. The summed E-state index contributed by atoms with van der Waals surface area (Å²) in [6, 6.07) is 20.0. The summed E-state index contributed by atoms with van der Waals surface area (Å²) >= 11 is 0.